The first kappa shape index (κ1) is 21.8. The van der Waals surface area contributed by atoms with E-state index >= 15 is 0 Å². The Morgan fingerprint density at radius 3 is 2.67 bits per heavy atom. The number of rotatable bonds is 4. The van der Waals surface area contributed by atoms with Gasteiger partial charge >= 0.3 is 0 Å². The highest BCUT2D eigenvalue weighted by molar-refractivity contribution is 7.84. The third kappa shape index (κ3) is 6.87. The first-order valence-electron chi connectivity index (χ1n) is 8.93. The number of phenols is 1. The number of ether oxygens (including phenoxy) is 1. The highest BCUT2D eigenvalue weighted by atomic mass is 35.5. The van der Waals surface area contributed by atoms with E-state index in [4.69, 9.17) is 21.4 Å². The molecule has 2 heterocycles. The molecular weight excluding hydrogens is 389 g/mol. The Kier molecular flexibility index (Phi) is 8.67. The van der Waals surface area contributed by atoms with Crippen molar-refractivity contribution >= 4 is 22.4 Å². The minimum absolute atomic E-state index is 0.133. The van der Waals surface area contributed by atoms with Crippen molar-refractivity contribution in [2.75, 3.05) is 24.7 Å². The predicted octanol–water partition coefficient (Wildman–Crippen LogP) is 4.67. The van der Waals surface area contributed by atoms with Crippen LogP contribution in [0.3, 0.4) is 0 Å². The fraction of sp³-hybridized carbons (Fsp3) is 0.450. The summed E-state index contributed by atoms with van der Waals surface area (Å²) in [5.41, 5.74) is 0.821. The van der Waals surface area contributed by atoms with E-state index in [1.54, 1.807) is 12.1 Å². The van der Waals surface area contributed by atoms with Gasteiger partial charge < -0.3 is 9.84 Å². The fourth-order valence-electron chi connectivity index (χ4n) is 2.78. The molecule has 1 aromatic carbocycles. The van der Waals surface area contributed by atoms with Crippen molar-refractivity contribution in [2.45, 2.75) is 20.3 Å². The van der Waals surface area contributed by atoms with Crippen LogP contribution in [0.25, 0.3) is 11.3 Å². The fourth-order valence-corrected chi connectivity index (χ4v) is 4.13. The molecule has 0 saturated carbocycles. The zero-order chi connectivity index (χ0) is 19.8. The van der Waals surface area contributed by atoms with E-state index in [2.05, 4.69) is 11.9 Å². The average molecular weight is 414 g/mol. The number of aromatic nitrogens is 1. The van der Waals surface area contributed by atoms with Crippen LogP contribution in [-0.4, -0.2) is 39.0 Å². The summed E-state index contributed by atoms with van der Waals surface area (Å²) in [6, 6.07) is 7.34. The van der Waals surface area contributed by atoms with Crippen LogP contribution in [0.1, 0.15) is 20.3 Å². The Hall–Kier alpha value is -1.50. The molecule has 0 spiro atoms. The normalized spacial score (nSPS) is 20.4. The second-order valence-corrected chi connectivity index (χ2v) is 8.75. The van der Waals surface area contributed by atoms with Crippen LogP contribution in [0.5, 0.6) is 5.75 Å². The van der Waals surface area contributed by atoms with Gasteiger partial charge in [-0.25, -0.2) is 4.39 Å². The van der Waals surface area contributed by atoms with Crippen molar-refractivity contribution in [3.8, 4) is 17.0 Å². The predicted molar refractivity (Wildman–Crippen MR) is 108 cm³/mol. The number of benzene rings is 1. The lowest BCUT2D eigenvalue weighted by Gasteiger charge is -2.28. The number of nitrogens with zero attached hydrogens (tertiary/aromatic N) is 1. The maximum absolute atomic E-state index is 13.4. The lowest BCUT2D eigenvalue weighted by atomic mass is 9.92. The Morgan fingerprint density at radius 2 is 2.07 bits per heavy atom. The lowest BCUT2D eigenvalue weighted by Crippen LogP contribution is -2.29. The van der Waals surface area contributed by atoms with Gasteiger partial charge in [0.15, 0.2) is 5.82 Å². The Morgan fingerprint density at radius 1 is 1.37 bits per heavy atom. The van der Waals surface area contributed by atoms with Crippen LogP contribution < -0.4 is 0 Å². The molecule has 0 radical (unpaired) electrons. The summed E-state index contributed by atoms with van der Waals surface area (Å²) < 4.78 is 30.1. The second kappa shape index (κ2) is 10.7. The van der Waals surface area contributed by atoms with Gasteiger partial charge in [0.25, 0.3) is 0 Å². The number of hydrogen-bond donors (Lipinski definition) is 1. The summed E-state index contributed by atoms with van der Waals surface area (Å²) >= 11 is 5.59. The van der Waals surface area contributed by atoms with Crippen molar-refractivity contribution < 1.29 is 18.4 Å². The molecule has 1 aromatic heterocycles. The molecule has 148 valence electrons. The van der Waals surface area contributed by atoms with Crippen LogP contribution in [0.4, 0.5) is 4.39 Å². The van der Waals surface area contributed by atoms with Gasteiger partial charge in [0.1, 0.15) is 11.4 Å². The molecule has 7 heteroatoms. The van der Waals surface area contributed by atoms with Gasteiger partial charge in [-0.1, -0.05) is 25.4 Å². The number of halogens is 2. The van der Waals surface area contributed by atoms with E-state index in [1.165, 1.54) is 24.4 Å². The summed E-state index contributed by atoms with van der Waals surface area (Å²) in [4.78, 5) is 3.89. The molecule has 27 heavy (non-hydrogen) atoms. The quantitative estimate of drug-likeness (QED) is 0.790. The van der Waals surface area contributed by atoms with Gasteiger partial charge in [0.2, 0.25) is 0 Å². The van der Waals surface area contributed by atoms with Gasteiger partial charge in [0.05, 0.1) is 5.02 Å². The van der Waals surface area contributed by atoms with Crippen LogP contribution >= 0.6 is 11.6 Å². The lowest BCUT2D eigenvalue weighted by molar-refractivity contribution is 0.0315. The zero-order valence-electron chi connectivity index (χ0n) is 15.5. The van der Waals surface area contributed by atoms with E-state index in [9.17, 15) is 8.60 Å². The average Bonchev–Trinajstić information content (AvgIpc) is 2.65. The summed E-state index contributed by atoms with van der Waals surface area (Å²) in [5.74, 6) is 2.54. The zero-order valence-corrected chi connectivity index (χ0v) is 17.1. The minimum Gasteiger partial charge on any atom is -0.508 e. The monoisotopic (exact) mass is 413 g/mol. The van der Waals surface area contributed by atoms with Crippen molar-refractivity contribution in [1.29, 1.82) is 0 Å². The number of aromatic hydroxyl groups is 1. The molecule has 4 nitrogen and oxygen atoms in total. The summed E-state index contributed by atoms with van der Waals surface area (Å²) in [6.45, 7) is 5.89. The van der Waals surface area contributed by atoms with Crippen LogP contribution in [-0.2, 0) is 15.5 Å². The van der Waals surface area contributed by atoms with Gasteiger partial charge in [0, 0.05) is 47.3 Å². The number of pyridine rings is 1. The first-order valence-corrected chi connectivity index (χ1v) is 10.8. The van der Waals surface area contributed by atoms with Gasteiger partial charge in [-0.15, -0.1) is 0 Å². The summed E-state index contributed by atoms with van der Waals surface area (Å²) in [5, 5.41) is 9.34. The number of phenolic OH excluding ortho intramolecular Hbond substituents is 1. The highest BCUT2D eigenvalue weighted by Gasteiger charge is 2.23. The smallest absolute Gasteiger partial charge is 0.150 e. The van der Waals surface area contributed by atoms with E-state index in [0.29, 0.717) is 17.4 Å². The Bertz CT molecular complexity index is 757. The van der Waals surface area contributed by atoms with Gasteiger partial charge in [-0.3, -0.25) is 9.19 Å². The molecular formula is C20H25ClFNO3S. The Labute approximate surface area is 167 Å². The molecule has 2 unspecified atom stereocenters. The van der Waals surface area contributed by atoms with Crippen molar-refractivity contribution in [3.63, 3.8) is 0 Å². The molecule has 1 saturated heterocycles. The van der Waals surface area contributed by atoms with Crippen molar-refractivity contribution in [3.05, 3.63) is 47.4 Å². The largest absolute Gasteiger partial charge is 0.508 e. The Balaban J connectivity index is 0.000000199. The second-order valence-electron chi connectivity index (χ2n) is 6.53. The van der Waals surface area contributed by atoms with Crippen molar-refractivity contribution in [2.24, 2.45) is 11.8 Å². The maximum Gasteiger partial charge on any atom is 0.150 e. The van der Waals surface area contributed by atoms with Crippen LogP contribution in [0.2, 0.25) is 5.02 Å². The molecule has 3 atom stereocenters. The van der Waals surface area contributed by atoms with E-state index in [1.807, 2.05) is 6.92 Å². The van der Waals surface area contributed by atoms with Crippen LogP contribution in [0.15, 0.2) is 36.5 Å². The molecule has 0 amide bonds. The molecule has 1 fully saturated rings. The maximum atomic E-state index is 13.4. The molecule has 1 aliphatic heterocycles. The van der Waals surface area contributed by atoms with Gasteiger partial charge in [-0.2, -0.15) is 0 Å². The molecule has 1 N–H and O–H groups in total. The highest BCUT2D eigenvalue weighted by Crippen LogP contribution is 2.24. The molecule has 1 aliphatic rings. The molecule has 0 aliphatic carbocycles. The molecule has 2 aromatic rings. The van der Waals surface area contributed by atoms with E-state index in [0.717, 1.165) is 31.1 Å². The van der Waals surface area contributed by atoms with E-state index in [-0.39, 0.29) is 16.5 Å². The number of hydrogen-bond acceptors (Lipinski definition) is 4. The van der Waals surface area contributed by atoms with Crippen LogP contribution in [0, 0.1) is 17.7 Å². The third-order valence-corrected chi connectivity index (χ3v) is 6.14. The third-order valence-electron chi connectivity index (χ3n) is 4.49. The SMILES string of the molecule is CCS(=O)CC1CCOC[C@@H]1C.Oc1ccc(-c2ncc(Cl)cc2F)cc1. The first-order chi connectivity index (χ1) is 12.9. The summed E-state index contributed by atoms with van der Waals surface area (Å²) in [7, 11) is -0.601. The van der Waals surface area contributed by atoms with E-state index < -0.39 is 16.6 Å². The summed E-state index contributed by atoms with van der Waals surface area (Å²) in [6.07, 6.45) is 2.47. The topological polar surface area (TPSA) is 59.4 Å². The molecule has 0 bridgehead atoms. The minimum atomic E-state index is -0.601. The molecule has 3 rings (SSSR count). The van der Waals surface area contributed by atoms with Gasteiger partial charge in [-0.05, 0) is 48.6 Å². The van der Waals surface area contributed by atoms with Crippen molar-refractivity contribution in [1.82, 2.24) is 4.98 Å². The standard InChI is InChI=1S/C11H7ClFNO.C9H18O2S/c12-8-5-10(13)11(14-6-8)7-1-3-9(15)4-2-7;1-3-12(10)7-9-4-5-11-6-8(9)2/h1-6,15H;8-9H,3-7H2,1-2H3/t;8-,9?,12?/m.0/s1.